The van der Waals surface area contributed by atoms with Gasteiger partial charge in [-0.25, -0.2) is 4.79 Å². The number of nitrogens with zero attached hydrogens (tertiary/aromatic N) is 1. The summed E-state index contributed by atoms with van der Waals surface area (Å²) in [6.07, 6.45) is 1.07. The van der Waals surface area contributed by atoms with E-state index in [0.29, 0.717) is 26.1 Å². The Morgan fingerprint density at radius 3 is 2.67 bits per heavy atom. The number of hydrogen-bond acceptors (Lipinski definition) is 4. The Balaban J connectivity index is 1.64. The smallest absolute Gasteiger partial charge is 0.410 e. The zero-order valence-corrected chi connectivity index (χ0v) is 16.9. The average molecular weight is 374 g/mol. The summed E-state index contributed by atoms with van der Waals surface area (Å²) in [5.74, 6) is 0.687. The topological polar surface area (TPSA) is 67.9 Å². The quantitative estimate of drug-likeness (QED) is 0.860. The number of hydrogen-bond donors (Lipinski definition) is 1. The highest BCUT2D eigenvalue weighted by Crippen LogP contribution is 2.36. The van der Waals surface area contributed by atoms with Crippen LogP contribution in [0.3, 0.4) is 0 Å². The Hall–Kier alpha value is -2.24. The van der Waals surface area contributed by atoms with Gasteiger partial charge in [0.2, 0.25) is 5.91 Å². The first-order valence-electron chi connectivity index (χ1n) is 9.66. The summed E-state index contributed by atoms with van der Waals surface area (Å²) in [7, 11) is 0. The van der Waals surface area contributed by atoms with Gasteiger partial charge in [0, 0.05) is 25.1 Å². The molecule has 3 rings (SSSR count). The highest BCUT2D eigenvalue weighted by molar-refractivity contribution is 5.81. The maximum atomic E-state index is 12.8. The Kier molecular flexibility index (Phi) is 5.36. The fourth-order valence-electron chi connectivity index (χ4n) is 3.78. The first-order valence-corrected chi connectivity index (χ1v) is 9.66. The van der Waals surface area contributed by atoms with Crippen LogP contribution in [0.2, 0.25) is 0 Å². The fourth-order valence-corrected chi connectivity index (χ4v) is 3.78. The van der Waals surface area contributed by atoms with E-state index in [0.717, 1.165) is 28.9 Å². The van der Waals surface area contributed by atoms with Gasteiger partial charge in [0.15, 0.2) is 0 Å². The molecule has 0 aromatic heterocycles. The molecule has 6 heteroatoms. The van der Waals surface area contributed by atoms with Crippen molar-refractivity contribution in [3.63, 3.8) is 0 Å². The number of ether oxygens (including phenoxy) is 2. The molecule has 0 radical (unpaired) electrons. The molecule has 0 bridgehead atoms. The molecule has 2 heterocycles. The maximum Gasteiger partial charge on any atom is 0.410 e. The Morgan fingerprint density at radius 1 is 1.22 bits per heavy atom. The molecule has 1 aromatic carbocycles. The molecule has 2 aliphatic rings. The molecule has 2 amide bonds. The highest BCUT2D eigenvalue weighted by Gasteiger charge is 2.35. The molecule has 1 aromatic rings. The number of aryl methyl sites for hydroxylation is 2. The largest absolute Gasteiger partial charge is 0.493 e. The van der Waals surface area contributed by atoms with E-state index in [1.165, 1.54) is 0 Å². The van der Waals surface area contributed by atoms with Gasteiger partial charge in [0.25, 0.3) is 0 Å². The molecule has 1 saturated heterocycles. The van der Waals surface area contributed by atoms with Crippen LogP contribution in [0.4, 0.5) is 4.79 Å². The van der Waals surface area contributed by atoms with Gasteiger partial charge >= 0.3 is 6.09 Å². The lowest BCUT2D eigenvalue weighted by Crippen LogP contribution is -2.39. The number of nitrogens with one attached hydrogen (secondary N) is 1. The third kappa shape index (κ3) is 4.54. The summed E-state index contributed by atoms with van der Waals surface area (Å²) in [5.41, 5.74) is 2.78. The van der Waals surface area contributed by atoms with Gasteiger partial charge in [-0.05, 0) is 46.6 Å². The van der Waals surface area contributed by atoms with Gasteiger partial charge < -0.3 is 19.7 Å². The van der Waals surface area contributed by atoms with E-state index in [1.807, 2.05) is 27.7 Å². The second-order valence-corrected chi connectivity index (χ2v) is 8.61. The summed E-state index contributed by atoms with van der Waals surface area (Å²) in [5, 5.41) is 3.18. The van der Waals surface area contributed by atoms with Crippen LogP contribution in [0.15, 0.2) is 12.1 Å². The van der Waals surface area contributed by atoms with Crippen LogP contribution in [-0.2, 0) is 9.53 Å². The van der Waals surface area contributed by atoms with E-state index in [2.05, 4.69) is 24.4 Å². The van der Waals surface area contributed by atoms with E-state index in [-0.39, 0.29) is 24.0 Å². The standard InChI is InChI=1S/C21H30N2O4/c1-13-10-14(2)18-16(11-13)17(7-9-26-18)22-19(24)15-6-8-23(12-15)20(25)27-21(3,4)5/h10-11,15,17H,6-9,12H2,1-5H3,(H,22,24). The average Bonchev–Trinajstić information content (AvgIpc) is 3.04. The molecule has 0 aliphatic carbocycles. The number of fused-ring (bicyclic) bond motifs is 1. The van der Waals surface area contributed by atoms with E-state index in [1.54, 1.807) is 4.90 Å². The minimum atomic E-state index is -0.529. The number of benzene rings is 1. The van der Waals surface area contributed by atoms with Gasteiger partial charge in [-0.3, -0.25) is 4.79 Å². The molecule has 27 heavy (non-hydrogen) atoms. The van der Waals surface area contributed by atoms with E-state index < -0.39 is 5.60 Å². The monoisotopic (exact) mass is 374 g/mol. The first kappa shape index (κ1) is 19.5. The van der Waals surface area contributed by atoms with Crippen molar-refractivity contribution in [1.82, 2.24) is 10.2 Å². The zero-order chi connectivity index (χ0) is 19.8. The van der Waals surface area contributed by atoms with Crippen molar-refractivity contribution in [2.75, 3.05) is 19.7 Å². The van der Waals surface area contributed by atoms with Crippen molar-refractivity contribution < 1.29 is 19.1 Å². The van der Waals surface area contributed by atoms with Crippen molar-refractivity contribution in [1.29, 1.82) is 0 Å². The second kappa shape index (κ2) is 7.41. The summed E-state index contributed by atoms with van der Waals surface area (Å²) in [6.45, 7) is 11.2. The maximum absolute atomic E-state index is 12.8. The second-order valence-electron chi connectivity index (χ2n) is 8.61. The molecular formula is C21H30N2O4. The predicted octanol–water partition coefficient (Wildman–Crippen LogP) is 3.50. The van der Waals surface area contributed by atoms with Gasteiger partial charge in [0.05, 0.1) is 18.6 Å². The molecular weight excluding hydrogens is 344 g/mol. The molecule has 2 aliphatic heterocycles. The molecule has 148 valence electrons. The van der Waals surface area contributed by atoms with Crippen LogP contribution in [0.1, 0.15) is 56.3 Å². The van der Waals surface area contributed by atoms with E-state index in [4.69, 9.17) is 9.47 Å². The Morgan fingerprint density at radius 2 is 1.96 bits per heavy atom. The minimum Gasteiger partial charge on any atom is -0.493 e. The molecule has 0 saturated carbocycles. The van der Waals surface area contributed by atoms with E-state index >= 15 is 0 Å². The number of carbonyl (C=O) groups is 2. The zero-order valence-electron chi connectivity index (χ0n) is 16.9. The summed E-state index contributed by atoms with van der Waals surface area (Å²) in [6, 6.07) is 4.14. The normalized spacial score (nSPS) is 22.0. The van der Waals surface area contributed by atoms with Crippen molar-refractivity contribution in [3.05, 3.63) is 28.8 Å². The molecule has 6 nitrogen and oxygen atoms in total. The molecule has 2 atom stereocenters. The van der Waals surface area contributed by atoms with Crippen LogP contribution >= 0.6 is 0 Å². The Bertz CT molecular complexity index is 738. The lowest BCUT2D eigenvalue weighted by Gasteiger charge is -2.29. The van der Waals surface area contributed by atoms with Crippen molar-refractivity contribution in [3.8, 4) is 5.75 Å². The summed E-state index contributed by atoms with van der Waals surface area (Å²) < 4.78 is 11.2. The number of rotatable bonds is 2. The Labute approximate surface area is 161 Å². The van der Waals surface area contributed by atoms with Crippen molar-refractivity contribution in [2.45, 2.75) is 59.1 Å². The first-order chi connectivity index (χ1) is 12.6. The lowest BCUT2D eigenvalue weighted by atomic mass is 9.95. The van der Waals surface area contributed by atoms with Crippen LogP contribution in [0.25, 0.3) is 0 Å². The molecule has 1 fully saturated rings. The van der Waals surface area contributed by atoms with Crippen LogP contribution < -0.4 is 10.1 Å². The SMILES string of the molecule is Cc1cc(C)c2c(c1)C(NC(=O)C1CCN(C(=O)OC(C)(C)C)C1)CCO2. The van der Waals surface area contributed by atoms with E-state index in [9.17, 15) is 9.59 Å². The number of amides is 2. The lowest BCUT2D eigenvalue weighted by molar-refractivity contribution is -0.125. The number of carbonyl (C=O) groups excluding carboxylic acids is 2. The third-order valence-corrected chi connectivity index (χ3v) is 5.00. The molecule has 2 unspecified atom stereocenters. The van der Waals surface area contributed by atoms with Crippen LogP contribution in [-0.4, -0.2) is 42.2 Å². The number of likely N-dealkylation sites (tertiary alicyclic amines) is 1. The minimum absolute atomic E-state index is 0.00179. The summed E-state index contributed by atoms with van der Waals surface area (Å²) >= 11 is 0. The van der Waals surface area contributed by atoms with Crippen LogP contribution in [0, 0.1) is 19.8 Å². The van der Waals surface area contributed by atoms with Crippen LogP contribution in [0.5, 0.6) is 5.75 Å². The van der Waals surface area contributed by atoms with Gasteiger partial charge in [-0.2, -0.15) is 0 Å². The van der Waals surface area contributed by atoms with Gasteiger partial charge in [-0.15, -0.1) is 0 Å². The summed E-state index contributed by atoms with van der Waals surface area (Å²) in [4.78, 5) is 26.7. The van der Waals surface area contributed by atoms with Gasteiger partial charge in [0.1, 0.15) is 11.4 Å². The van der Waals surface area contributed by atoms with Gasteiger partial charge in [-0.1, -0.05) is 17.7 Å². The van der Waals surface area contributed by atoms with Crippen molar-refractivity contribution >= 4 is 12.0 Å². The molecule has 0 spiro atoms. The third-order valence-electron chi connectivity index (χ3n) is 5.00. The van der Waals surface area contributed by atoms with Crippen molar-refractivity contribution in [2.24, 2.45) is 5.92 Å². The highest BCUT2D eigenvalue weighted by atomic mass is 16.6. The predicted molar refractivity (Wildman–Crippen MR) is 103 cm³/mol. The molecule has 1 N–H and O–H groups in total. The fraction of sp³-hybridized carbons (Fsp3) is 0.619.